The lowest BCUT2D eigenvalue weighted by molar-refractivity contribution is -0.114. The van der Waals surface area contributed by atoms with Crippen molar-refractivity contribution in [2.24, 2.45) is 12.0 Å². The Balaban J connectivity index is 1.63. The van der Waals surface area contributed by atoms with Crippen LogP contribution in [0.1, 0.15) is 18.6 Å². The van der Waals surface area contributed by atoms with Gasteiger partial charge in [0.25, 0.3) is 0 Å². The molecule has 1 amide bonds. The number of rotatable bonds is 5. The lowest BCUT2D eigenvalue weighted by Gasteiger charge is -2.34. The molecule has 3 heterocycles. The summed E-state index contributed by atoms with van der Waals surface area (Å²) in [6.07, 6.45) is 6.97. The largest absolute Gasteiger partial charge is 0.370 e. The summed E-state index contributed by atoms with van der Waals surface area (Å²) in [4.78, 5) is 22.7. The van der Waals surface area contributed by atoms with Crippen molar-refractivity contribution in [1.29, 1.82) is 0 Å². The van der Waals surface area contributed by atoms with E-state index in [2.05, 4.69) is 30.6 Å². The van der Waals surface area contributed by atoms with Crippen molar-refractivity contribution < 1.29 is 9.53 Å². The molecule has 2 aromatic heterocycles. The Labute approximate surface area is 158 Å². The minimum atomic E-state index is -0.185. The molecule has 0 bridgehead atoms. The molecule has 0 radical (unpaired) electrons. The summed E-state index contributed by atoms with van der Waals surface area (Å²) in [5.41, 5.74) is 1.69. The van der Waals surface area contributed by atoms with Crippen molar-refractivity contribution in [2.75, 3.05) is 38.1 Å². The number of nitrogens with one attached hydrogen (secondary N) is 2. The Hall–Kier alpha value is -2.94. The maximum absolute atomic E-state index is 12.2. The van der Waals surface area contributed by atoms with Gasteiger partial charge in [-0.25, -0.2) is 4.99 Å². The number of hydrogen-bond donors (Lipinski definition) is 2. The van der Waals surface area contributed by atoms with Gasteiger partial charge in [0.1, 0.15) is 12.6 Å². The van der Waals surface area contributed by atoms with Gasteiger partial charge in [0, 0.05) is 38.1 Å². The summed E-state index contributed by atoms with van der Waals surface area (Å²) in [5.74, 6) is 0.520. The number of morpholine rings is 1. The third-order valence-corrected chi connectivity index (χ3v) is 4.12. The van der Waals surface area contributed by atoms with E-state index in [9.17, 15) is 4.79 Å². The molecule has 2 aromatic rings. The molecular formula is C18H25N7O2. The summed E-state index contributed by atoms with van der Waals surface area (Å²) < 4.78 is 7.64. The van der Waals surface area contributed by atoms with E-state index in [1.807, 2.05) is 26.4 Å². The quantitative estimate of drug-likeness (QED) is 0.596. The van der Waals surface area contributed by atoms with E-state index in [0.717, 1.165) is 12.1 Å². The van der Waals surface area contributed by atoms with E-state index in [1.165, 1.54) is 0 Å². The van der Waals surface area contributed by atoms with Crippen molar-refractivity contribution in [1.82, 2.24) is 25.0 Å². The van der Waals surface area contributed by atoms with Crippen molar-refractivity contribution in [3.05, 3.63) is 42.5 Å². The first-order chi connectivity index (χ1) is 13.2. The van der Waals surface area contributed by atoms with Gasteiger partial charge in [-0.2, -0.15) is 5.10 Å². The second-order valence-corrected chi connectivity index (χ2v) is 6.21. The highest BCUT2D eigenvalue weighted by molar-refractivity contribution is 5.93. The van der Waals surface area contributed by atoms with Crippen molar-refractivity contribution in [2.45, 2.75) is 13.0 Å². The van der Waals surface area contributed by atoms with Crippen LogP contribution >= 0.6 is 0 Å². The van der Waals surface area contributed by atoms with Gasteiger partial charge in [0.05, 0.1) is 31.2 Å². The van der Waals surface area contributed by atoms with Crippen LogP contribution in [-0.4, -0.2) is 64.3 Å². The number of guanidine groups is 1. The zero-order chi connectivity index (χ0) is 19.1. The highest BCUT2D eigenvalue weighted by atomic mass is 16.5. The Morgan fingerprint density at radius 1 is 1.44 bits per heavy atom. The molecule has 1 saturated heterocycles. The highest BCUT2D eigenvalue weighted by Crippen LogP contribution is 2.21. The monoisotopic (exact) mass is 371 g/mol. The third-order valence-electron chi connectivity index (χ3n) is 4.12. The molecule has 3 rings (SSSR count). The predicted octanol–water partition coefficient (Wildman–Crippen LogP) is 0.793. The fourth-order valence-corrected chi connectivity index (χ4v) is 2.86. The maximum atomic E-state index is 12.2. The van der Waals surface area contributed by atoms with Gasteiger partial charge in [-0.3, -0.25) is 14.5 Å². The first-order valence-electron chi connectivity index (χ1n) is 8.99. The minimum Gasteiger partial charge on any atom is -0.370 e. The summed E-state index contributed by atoms with van der Waals surface area (Å²) in [7, 11) is 1.89. The summed E-state index contributed by atoms with van der Waals surface area (Å²) in [5, 5.41) is 10.3. The van der Waals surface area contributed by atoms with Gasteiger partial charge < -0.3 is 20.3 Å². The first kappa shape index (κ1) is 18.8. The molecule has 0 aromatic carbocycles. The van der Waals surface area contributed by atoms with Crippen LogP contribution in [0.15, 0.2) is 41.9 Å². The molecule has 2 N–H and O–H groups in total. The number of hydrogen-bond acceptors (Lipinski definition) is 5. The zero-order valence-electron chi connectivity index (χ0n) is 15.6. The lowest BCUT2D eigenvalue weighted by Crippen LogP contribution is -2.48. The van der Waals surface area contributed by atoms with Gasteiger partial charge in [0.15, 0.2) is 5.96 Å². The molecule has 1 unspecified atom stereocenters. The number of aromatic nitrogens is 3. The summed E-state index contributed by atoms with van der Waals surface area (Å²) >= 11 is 0. The van der Waals surface area contributed by atoms with Gasteiger partial charge in [0.2, 0.25) is 5.91 Å². The molecule has 1 atom stereocenters. The van der Waals surface area contributed by atoms with Crippen molar-refractivity contribution in [3.63, 3.8) is 0 Å². The van der Waals surface area contributed by atoms with Crippen LogP contribution in [0.5, 0.6) is 0 Å². The number of pyridine rings is 1. The standard InChI is InChI=1S/C18H25N7O2/c1-3-20-18(21-11-17(26)23-15-5-4-6-19-10-15)25-7-8-27-16(13-25)14-9-22-24(2)12-14/h4-6,9-10,12,16H,3,7-8,11,13H2,1-2H3,(H,20,21)(H,23,26). The smallest absolute Gasteiger partial charge is 0.246 e. The number of ether oxygens (including phenoxy) is 1. The Bertz CT molecular complexity index is 775. The second-order valence-electron chi connectivity index (χ2n) is 6.21. The van der Waals surface area contributed by atoms with Crippen molar-refractivity contribution in [3.8, 4) is 0 Å². The van der Waals surface area contributed by atoms with Crippen LogP contribution in [0.4, 0.5) is 5.69 Å². The van der Waals surface area contributed by atoms with E-state index >= 15 is 0 Å². The summed E-state index contributed by atoms with van der Waals surface area (Å²) in [6.45, 7) is 4.72. The van der Waals surface area contributed by atoms with E-state index in [-0.39, 0.29) is 18.6 Å². The highest BCUT2D eigenvalue weighted by Gasteiger charge is 2.25. The van der Waals surface area contributed by atoms with Crippen LogP contribution < -0.4 is 10.6 Å². The Morgan fingerprint density at radius 3 is 3.04 bits per heavy atom. The normalized spacial score (nSPS) is 17.6. The SMILES string of the molecule is CCNC(=NCC(=O)Nc1cccnc1)N1CCOC(c2cnn(C)c2)C1. The number of aliphatic imine (C=N–C) groups is 1. The lowest BCUT2D eigenvalue weighted by atomic mass is 10.1. The fraction of sp³-hybridized carbons (Fsp3) is 0.444. The molecule has 1 aliphatic heterocycles. The van der Waals surface area contributed by atoms with Crippen LogP contribution in [0.25, 0.3) is 0 Å². The molecule has 0 spiro atoms. The molecule has 9 heteroatoms. The van der Waals surface area contributed by atoms with Gasteiger partial charge >= 0.3 is 0 Å². The molecule has 1 aliphatic rings. The third kappa shape index (κ3) is 5.27. The fourth-order valence-electron chi connectivity index (χ4n) is 2.86. The van der Waals surface area contributed by atoms with E-state index in [0.29, 0.717) is 31.3 Å². The molecule has 1 fully saturated rings. The van der Waals surface area contributed by atoms with Crippen molar-refractivity contribution >= 4 is 17.6 Å². The topological polar surface area (TPSA) is 96.7 Å². The molecule has 27 heavy (non-hydrogen) atoms. The van der Waals surface area contributed by atoms with Crippen LogP contribution in [0.2, 0.25) is 0 Å². The average Bonchev–Trinajstić information content (AvgIpc) is 3.12. The first-order valence-corrected chi connectivity index (χ1v) is 8.99. The number of carbonyl (C=O) groups excluding carboxylic acids is 1. The number of amides is 1. The van der Waals surface area contributed by atoms with Gasteiger partial charge in [-0.05, 0) is 19.1 Å². The predicted molar refractivity (Wildman–Crippen MR) is 102 cm³/mol. The Morgan fingerprint density at radius 2 is 2.33 bits per heavy atom. The van der Waals surface area contributed by atoms with Crippen LogP contribution in [0.3, 0.4) is 0 Å². The Kier molecular flexibility index (Phi) is 6.37. The number of aryl methyl sites for hydroxylation is 1. The number of nitrogens with zero attached hydrogens (tertiary/aromatic N) is 5. The molecule has 144 valence electrons. The molecular weight excluding hydrogens is 346 g/mol. The van der Waals surface area contributed by atoms with Crippen LogP contribution in [0, 0.1) is 0 Å². The van der Waals surface area contributed by atoms with E-state index in [4.69, 9.17) is 4.74 Å². The number of carbonyl (C=O) groups is 1. The summed E-state index contributed by atoms with van der Waals surface area (Å²) in [6, 6.07) is 3.57. The maximum Gasteiger partial charge on any atom is 0.246 e. The number of anilines is 1. The van der Waals surface area contributed by atoms with E-state index in [1.54, 1.807) is 29.2 Å². The zero-order valence-corrected chi connectivity index (χ0v) is 15.6. The van der Waals surface area contributed by atoms with Gasteiger partial charge in [-0.1, -0.05) is 0 Å². The van der Waals surface area contributed by atoms with Gasteiger partial charge in [-0.15, -0.1) is 0 Å². The molecule has 9 nitrogen and oxygen atoms in total. The average molecular weight is 371 g/mol. The second kappa shape index (κ2) is 9.13. The molecule has 0 saturated carbocycles. The minimum absolute atomic E-state index is 0.0339. The van der Waals surface area contributed by atoms with E-state index < -0.39 is 0 Å². The van der Waals surface area contributed by atoms with Crippen LogP contribution in [-0.2, 0) is 16.6 Å². The molecule has 0 aliphatic carbocycles.